The molecule has 6 heteroatoms. The van der Waals surface area contributed by atoms with E-state index in [1.165, 1.54) is 0 Å². The molecule has 0 N–H and O–H groups in total. The molecule has 0 spiro atoms. The van der Waals surface area contributed by atoms with Crippen LogP contribution in [0.5, 0.6) is 0 Å². The first-order valence-electron chi connectivity index (χ1n) is 8.62. The topological polar surface area (TPSA) is 78.8 Å². The minimum absolute atomic E-state index is 0.0275. The van der Waals surface area contributed by atoms with Crippen molar-refractivity contribution in [3.05, 3.63) is 71.1 Å². The van der Waals surface area contributed by atoms with Crippen LogP contribution < -0.4 is 9.80 Å². The van der Waals surface area contributed by atoms with Crippen LogP contribution in [0.4, 0.5) is 11.4 Å². The van der Waals surface area contributed by atoms with E-state index in [2.05, 4.69) is 9.98 Å². The predicted octanol–water partition coefficient (Wildman–Crippen LogP) is 3.62. The lowest BCUT2D eigenvalue weighted by atomic mass is 10.2. The van der Waals surface area contributed by atoms with Crippen molar-refractivity contribution in [2.24, 2.45) is 9.98 Å². The molecule has 2 aromatic rings. The SMILES string of the molecule is CN(C)c1ccc(C=N/C(C#N)=C(/C#N)N=Cc2ccc(N(C)C)cc2)cc1. The van der Waals surface area contributed by atoms with Crippen LogP contribution in [-0.4, -0.2) is 40.6 Å². The lowest BCUT2D eigenvalue weighted by molar-refractivity contribution is 1.13. The zero-order chi connectivity index (χ0) is 20.5. The van der Waals surface area contributed by atoms with E-state index in [0.29, 0.717) is 0 Å². The standard InChI is InChI=1S/C22H22N6/c1-27(2)19-9-5-17(6-10-19)15-25-21(13-23)22(14-24)26-16-18-7-11-20(12-8-18)28(3)4/h5-12,15-16H,1-4H3/b22-21-,25-15?,26-16?. The van der Waals surface area contributed by atoms with Crippen LogP contribution >= 0.6 is 0 Å². The largest absolute Gasteiger partial charge is 0.378 e. The summed E-state index contributed by atoms with van der Waals surface area (Å²) in [5, 5.41) is 18.7. The lowest BCUT2D eigenvalue weighted by Gasteiger charge is -2.11. The summed E-state index contributed by atoms with van der Waals surface area (Å²) in [5.74, 6) is 0. The Bertz CT molecular complexity index is 884. The van der Waals surface area contributed by atoms with Crippen molar-refractivity contribution in [3.63, 3.8) is 0 Å². The maximum absolute atomic E-state index is 9.36. The van der Waals surface area contributed by atoms with Crippen molar-refractivity contribution in [1.82, 2.24) is 0 Å². The van der Waals surface area contributed by atoms with Gasteiger partial charge in [-0.1, -0.05) is 24.3 Å². The molecule has 0 atom stereocenters. The second-order valence-electron chi connectivity index (χ2n) is 6.41. The smallest absolute Gasteiger partial charge is 0.176 e. The molecule has 0 aromatic heterocycles. The van der Waals surface area contributed by atoms with Gasteiger partial charge in [-0.3, -0.25) is 0 Å². The molecule has 0 aliphatic rings. The zero-order valence-corrected chi connectivity index (χ0v) is 16.5. The number of benzene rings is 2. The highest BCUT2D eigenvalue weighted by Crippen LogP contribution is 2.13. The predicted molar refractivity (Wildman–Crippen MR) is 115 cm³/mol. The van der Waals surface area contributed by atoms with E-state index < -0.39 is 0 Å². The van der Waals surface area contributed by atoms with Gasteiger partial charge in [-0.25, -0.2) is 9.98 Å². The van der Waals surface area contributed by atoms with Gasteiger partial charge in [-0.05, 0) is 35.4 Å². The number of rotatable bonds is 6. The fourth-order valence-corrected chi connectivity index (χ4v) is 2.28. The minimum atomic E-state index is -0.0275. The highest BCUT2D eigenvalue weighted by molar-refractivity contribution is 5.83. The van der Waals surface area contributed by atoms with Gasteiger partial charge in [0, 0.05) is 52.0 Å². The Labute approximate surface area is 166 Å². The molecule has 0 aliphatic carbocycles. The normalized spacial score (nSPS) is 11.8. The van der Waals surface area contributed by atoms with Gasteiger partial charge in [0.15, 0.2) is 11.4 Å². The van der Waals surface area contributed by atoms with E-state index in [-0.39, 0.29) is 11.4 Å². The van der Waals surface area contributed by atoms with Crippen LogP contribution in [0, 0.1) is 22.7 Å². The molecule has 6 nitrogen and oxygen atoms in total. The Morgan fingerprint density at radius 2 is 1.00 bits per heavy atom. The van der Waals surface area contributed by atoms with Crippen LogP contribution in [0.2, 0.25) is 0 Å². The van der Waals surface area contributed by atoms with Crippen LogP contribution in [0.15, 0.2) is 69.9 Å². The monoisotopic (exact) mass is 370 g/mol. The van der Waals surface area contributed by atoms with Gasteiger partial charge < -0.3 is 9.80 Å². The van der Waals surface area contributed by atoms with Crippen LogP contribution in [0.1, 0.15) is 11.1 Å². The second-order valence-corrected chi connectivity index (χ2v) is 6.41. The highest BCUT2D eigenvalue weighted by atomic mass is 15.1. The summed E-state index contributed by atoms with van der Waals surface area (Å²) in [4.78, 5) is 12.3. The fraction of sp³-hybridized carbons (Fsp3) is 0.182. The maximum atomic E-state index is 9.36. The summed E-state index contributed by atoms with van der Waals surface area (Å²) >= 11 is 0. The molecule has 0 aliphatic heterocycles. The van der Waals surface area contributed by atoms with Crippen LogP contribution in [-0.2, 0) is 0 Å². The third kappa shape index (κ3) is 5.55. The molecular weight excluding hydrogens is 348 g/mol. The molecule has 0 bridgehead atoms. The maximum Gasteiger partial charge on any atom is 0.176 e. The van der Waals surface area contributed by atoms with E-state index >= 15 is 0 Å². The summed E-state index contributed by atoms with van der Waals surface area (Å²) in [6.07, 6.45) is 3.10. The molecule has 0 amide bonds. The van der Waals surface area contributed by atoms with Gasteiger partial charge in [0.05, 0.1) is 0 Å². The third-order valence-electron chi connectivity index (χ3n) is 3.94. The Balaban J connectivity index is 2.22. The Hall–Kier alpha value is -3.90. The number of hydrogen-bond donors (Lipinski definition) is 0. The summed E-state index contributed by atoms with van der Waals surface area (Å²) in [7, 11) is 7.85. The fourth-order valence-electron chi connectivity index (χ4n) is 2.28. The first-order chi connectivity index (χ1) is 13.4. The van der Waals surface area contributed by atoms with Crippen molar-refractivity contribution in [2.45, 2.75) is 0 Å². The van der Waals surface area contributed by atoms with Gasteiger partial charge in [-0.15, -0.1) is 0 Å². The molecule has 0 unspecified atom stereocenters. The van der Waals surface area contributed by atoms with Crippen molar-refractivity contribution in [2.75, 3.05) is 38.0 Å². The third-order valence-corrected chi connectivity index (χ3v) is 3.94. The molecule has 0 radical (unpaired) electrons. The summed E-state index contributed by atoms with van der Waals surface area (Å²) in [6.45, 7) is 0. The van der Waals surface area contributed by atoms with E-state index in [0.717, 1.165) is 22.5 Å². The first kappa shape index (κ1) is 20.4. The van der Waals surface area contributed by atoms with Gasteiger partial charge in [0.1, 0.15) is 12.1 Å². The van der Waals surface area contributed by atoms with Crippen molar-refractivity contribution >= 4 is 23.8 Å². The number of aliphatic imine (C=N–C) groups is 2. The quantitative estimate of drug-likeness (QED) is 0.575. The number of allylic oxidation sites excluding steroid dienone is 2. The molecule has 140 valence electrons. The summed E-state index contributed by atoms with van der Waals surface area (Å²) < 4.78 is 0. The number of anilines is 2. The van der Waals surface area contributed by atoms with Gasteiger partial charge in [0.25, 0.3) is 0 Å². The van der Waals surface area contributed by atoms with Gasteiger partial charge >= 0.3 is 0 Å². The molecule has 28 heavy (non-hydrogen) atoms. The molecule has 0 saturated heterocycles. The number of nitriles is 2. The molecule has 0 saturated carbocycles. The average molecular weight is 370 g/mol. The molecule has 0 fully saturated rings. The van der Waals surface area contributed by atoms with Crippen LogP contribution in [0.25, 0.3) is 0 Å². The molecule has 2 rings (SSSR count). The number of hydrogen-bond acceptors (Lipinski definition) is 6. The molecule has 0 heterocycles. The average Bonchev–Trinajstić information content (AvgIpc) is 2.71. The van der Waals surface area contributed by atoms with E-state index in [1.807, 2.05) is 98.7 Å². The lowest BCUT2D eigenvalue weighted by Crippen LogP contribution is -2.08. The van der Waals surface area contributed by atoms with E-state index in [9.17, 15) is 10.5 Å². The van der Waals surface area contributed by atoms with Crippen molar-refractivity contribution in [3.8, 4) is 12.1 Å². The van der Waals surface area contributed by atoms with Gasteiger partial charge in [-0.2, -0.15) is 10.5 Å². The Morgan fingerprint density at radius 3 is 1.25 bits per heavy atom. The summed E-state index contributed by atoms with van der Waals surface area (Å²) in [6, 6.07) is 19.3. The highest BCUT2D eigenvalue weighted by Gasteiger charge is 2.03. The summed E-state index contributed by atoms with van der Waals surface area (Å²) in [5.41, 5.74) is 3.74. The first-order valence-corrected chi connectivity index (χ1v) is 8.62. The number of nitrogens with zero attached hydrogens (tertiary/aromatic N) is 6. The second kappa shape index (κ2) is 9.70. The van der Waals surface area contributed by atoms with Gasteiger partial charge in [0.2, 0.25) is 0 Å². The Morgan fingerprint density at radius 1 is 0.679 bits per heavy atom. The van der Waals surface area contributed by atoms with Crippen molar-refractivity contribution < 1.29 is 0 Å². The molecule has 2 aromatic carbocycles. The van der Waals surface area contributed by atoms with Crippen molar-refractivity contribution in [1.29, 1.82) is 10.5 Å². The van der Waals surface area contributed by atoms with Crippen LogP contribution in [0.3, 0.4) is 0 Å². The Kier molecular flexibility index (Phi) is 7.07. The molecular formula is C22H22N6. The van der Waals surface area contributed by atoms with E-state index in [4.69, 9.17) is 0 Å². The van der Waals surface area contributed by atoms with E-state index in [1.54, 1.807) is 12.4 Å². The minimum Gasteiger partial charge on any atom is -0.378 e. The zero-order valence-electron chi connectivity index (χ0n) is 16.5.